The number of nitrogens with one attached hydrogen (secondary N) is 1. The van der Waals surface area contributed by atoms with Gasteiger partial charge in [0.1, 0.15) is 11.6 Å². The molecule has 2 aromatic heterocycles. The molecule has 36 heavy (non-hydrogen) atoms. The first-order valence-corrected chi connectivity index (χ1v) is 11.5. The summed E-state index contributed by atoms with van der Waals surface area (Å²) in [5.41, 5.74) is 3.89. The fraction of sp³-hybridized carbons (Fsp3) is 0.222. The summed E-state index contributed by atoms with van der Waals surface area (Å²) in [5, 5.41) is 11.8. The van der Waals surface area contributed by atoms with Crippen molar-refractivity contribution in [1.29, 1.82) is 0 Å². The average Bonchev–Trinajstić information content (AvgIpc) is 2.86. The van der Waals surface area contributed by atoms with Crippen molar-refractivity contribution in [3.63, 3.8) is 0 Å². The fourth-order valence-corrected chi connectivity index (χ4v) is 3.81. The minimum absolute atomic E-state index is 0.0539. The van der Waals surface area contributed by atoms with Gasteiger partial charge in [0.25, 0.3) is 5.91 Å². The Morgan fingerprint density at radius 2 is 1.69 bits per heavy atom. The molecule has 4 rings (SSSR count). The summed E-state index contributed by atoms with van der Waals surface area (Å²) in [4.78, 5) is 37.2. The second-order valence-electron chi connectivity index (χ2n) is 8.43. The van der Waals surface area contributed by atoms with Crippen molar-refractivity contribution >= 4 is 22.9 Å². The van der Waals surface area contributed by atoms with Crippen LogP contribution in [-0.2, 0) is 11.2 Å². The van der Waals surface area contributed by atoms with Gasteiger partial charge in [-0.1, -0.05) is 0 Å². The molecule has 4 aromatic rings. The Morgan fingerprint density at radius 1 is 0.944 bits per heavy atom. The smallest absolute Gasteiger partial charge is 0.303 e. The van der Waals surface area contributed by atoms with Gasteiger partial charge in [-0.15, -0.1) is 0 Å². The van der Waals surface area contributed by atoms with Gasteiger partial charge in [-0.2, -0.15) is 0 Å². The van der Waals surface area contributed by atoms with Gasteiger partial charge < -0.3 is 10.4 Å². The normalized spacial score (nSPS) is 11.9. The Morgan fingerprint density at radius 3 is 2.39 bits per heavy atom. The molecule has 0 fully saturated rings. The molecule has 9 heteroatoms. The number of unbranched alkanes of at least 4 members (excludes halogenated alkanes) is 1. The number of nitrogens with zero attached hydrogens (tertiary/aromatic N) is 3. The Balaban J connectivity index is 1.62. The van der Waals surface area contributed by atoms with Crippen LogP contribution >= 0.6 is 0 Å². The maximum atomic E-state index is 13.5. The van der Waals surface area contributed by atoms with E-state index in [2.05, 4.69) is 10.3 Å². The highest BCUT2D eigenvalue weighted by molar-refractivity contribution is 5.97. The topological polar surface area (TPSA) is 105 Å². The Bertz CT molecular complexity index is 1390. The van der Waals surface area contributed by atoms with Crippen LogP contribution in [0.2, 0.25) is 0 Å². The zero-order chi connectivity index (χ0) is 25.7. The SMILES string of the molecule is C[C@H](NC(=O)c1ccc2nc(-c3ccc(F)cc3)c(CCCCC(=O)O)nc2c1)c1ccc(F)cn1. The minimum Gasteiger partial charge on any atom is -0.481 e. The number of aliphatic carboxylic acids is 1. The third kappa shape index (κ3) is 6.04. The summed E-state index contributed by atoms with van der Waals surface area (Å²) in [5.74, 6) is -2.03. The second kappa shape index (κ2) is 11.0. The predicted octanol–water partition coefficient (Wildman–Crippen LogP) is 5.26. The number of hydrogen-bond acceptors (Lipinski definition) is 5. The lowest BCUT2D eigenvalue weighted by atomic mass is 10.0. The standard InChI is InChI=1S/C27H24F2N4O3/c1-16(21-13-11-20(29)15-30-21)31-27(36)18-8-12-22-24(14-18)32-23(4-2-3-5-25(34)35)26(33-22)17-6-9-19(28)10-7-17/h6-16H,2-5H2,1H3,(H,31,36)(H,34,35)/t16-/m0/s1. The first-order valence-electron chi connectivity index (χ1n) is 11.5. The van der Waals surface area contributed by atoms with Gasteiger partial charge in [-0.3, -0.25) is 14.6 Å². The molecule has 0 radical (unpaired) electrons. The van der Waals surface area contributed by atoms with E-state index in [9.17, 15) is 18.4 Å². The van der Waals surface area contributed by atoms with Crippen LogP contribution in [0.25, 0.3) is 22.3 Å². The molecule has 0 saturated heterocycles. The Labute approximate surface area is 206 Å². The summed E-state index contributed by atoms with van der Waals surface area (Å²) in [6.45, 7) is 1.75. The van der Waals surface area contributed by atoms with E-state index in [4.69, 9.17) is 15.1 Å². The minimum atomic E-state index is -0.862. The van der Waals surface area contributed by atoms with Crippen LogP contribution in [0, 0.1) is 11.6 Å². The van der Waals surface area contributed by atoms with Crippen LogP contribution in [0.3, 0.4) is 0 Å². The molecule has 0 aliphatic heterocycles. The highest BCUT2D eigenvalue weighted by Crippen LogP contribution is 2.26. The van der Waals surface area contributed by atoms with Crippen LogP contribution < -0.4 is 5.32 Å². The lowest BCUT2D eigenvalue weighted by Crippen LogP contribution is -2.27. The quantitative estimate of drug-likeness (QED) is 0.310. The number of amides is 1. The van der Waals surface area contributed by atoms with Crippen molar-refractivity contribution in [3.05, 3.63) is 89.4 Å². The third-order valence-electron chi connectivity index (χ3n) is 5.71. The van der Waals surface area contributed by atoms with E-state index in [1.54, 1.807) is 37.3 Å². The summed E-state index contributed by atoms with van der Waals surface area (Å²) < 4.78 is 26.6. The summed E-state index contributed by atoms with van der Waals surface area (Å²) in [6.07, 6.45) is 2.70. The van der Waals surface area contributed by atoms with E-state index in [1.807, 2.05) is 0 Å². The van der Waals surface area contributed by atoms with Gasteiger partial charge in [0.2, 0.25) is 0 Å². The molecule has 1 amide bonds. The predicted molar refractivity (Wildman–Crippen MR) is 130 cm³/mol. The molecule has 0 aliphatic carbocycles. The van der Waals surface area contributed by atoms with Crippen molar-refractivity contribution in [3.8, 4) is 11.3 Å². The van der Waals surface area contributed by atoms with Crippen LogP contribution in [0.15, 0.2) is 60.8 Å². The second-order valence-corrected chi connectivity index (χ2v) is 8.43. The van der Waals surface area contributed by atoms with Gasteiger partial charge in [-0.05, 0) is 80.8 Å². The van der Waals surface area contributed by atoms with E-state index < -0.39 is 17.8 Å². The van der Waals surface area contributed by atoms with Crippen molar-refractivity contribution in [1.82, 2.24) is 20.3 Å². The van der Waals surface area contributed by atoms with Crippen LogP contribution in [0.1, 0.15) is 54.0 Å². The van der Waals surface area contributed by atoms with Crippen LogP contribution in [0.5, 0.6) is 0 Å². The average molecular weight is 491 g/mol. The van der Waals surface area contributed by atoms with E-state index in [1.165, 1.54) is 24.3 Å². The molecule has 0 aliphatic rings. The zero-order valence-electron chi connectivity index (χ0n) is 19.5. The summed E-state index contributed by atoms with van der Waals surface area (Å²) >= 11 is 0. The third-order valence-corrected chi connectivity index (χ3v) is 5.71. The van der Waals surface area contributed by atoms with Crippen molar-refractivity contribution in [2.75, 3.05) is 0 Å². The monoisotopic (exact) mass is 490 g/mol. The van der Waals surface area contributed by atoms with Crippen molar-refractivity contribution in [2.24, 2.45) is 0 Å². The Kier molecular flexibility index (Phi) is 7.58. The first-order chi connectivity index (χ1) is 17.3. The number of rotatable bonds is 9. The molecule has 0 unspecified atom stereocenters. The van der Waals surface area contributed by atoms with E-state index in [-0.39, 0.29) is 18.1 Å². The first kappa shape index (κ1) is 24.8. The Hall–Kier alpha value is -4.27. The molecule has 0 saturated carbocycles. The molecule has 2 aromatic carbocycles. The summed E-state index contributed by atoms with van der Waals surface area (Å²) in [6, 6.07) is 13.3. The summed E-state index contributed by atoms with van der Waals surface area (Å²) in [7, 11) is 0. The maximum Gasteiger partial charge on any atom is 0.303 e. The van der Waals surface area contributed by atoms with Gasteiger partial charge in [0, 0.05) is 17.5 Å². The molecule has 0 bridgehead atoms. The number of fused-ring (bicyclic) bond motifs is 1. The highest BCUT2D eigenvalue weighted by Gasteiger charge is 2.16. The number of aryl methyl sites for hydroxylation is 1. The number of halogens is 2. The molecular formula is C27H24F2N4O3. The number of carboxylic acids is 1. The fourth-order valence-electron chi connectivity index (χ4n) is 3.81. The molecular weight excluding hydrogens is 466 g/mol. The number of aromatic nitrogens is 3. The van der Waals surface area contributed by atoms with E-state index in [0.717, 1.165) is 6.20 Å². The number of pyridine rings is 1. The number of carboxylic acid groups (broad SMARTS) is 1. The zero-order valence-corrected chi connectivity index (χ0v) is 19.5. The largest absolute Gasteiger partial charge is 0.481 e. The highest BCUT2D eigenvalue weighted by atomic mass is 19.1. The maximum absolute atomic E-state index is 13.5. The lowest BCUT2D eigenvalue weighted by Gasteiger charge is -2.14. The van der Waals surface area contributed by atoms with Gasteiger partial charge >= 0.3 is 5.97 Å². The number of benzene rings is 2. The van der Waals surface area contributed by atoms with Gasteiger partial charge in [0.05, 0.1) is 40.4 Å². The van der Waals surface area contributed by atoms with E-state index in [0.29, 0.717) is 58.5 Å². The van der Waals surface area contributed by atoms with E-state index >= 15 is 0 Å². The van der Waals surface area contributed by atoms with Gasteiger partial charge in [0.15, 0.2) is 0 Å². The number of carbonyl (C=O) groups excluding carboxylic acids is 1. The van der Waals surface area contributed by atoms with Gasteiger partial charge in [-0.25, -0.2) is 18.7 Å². The lowest BCUT2D eigenvalue weighted by molar-refractivity contribution is -0.137. The molecule has 1 atom stereocenters. The van der Waals surface area contributed by atoms with Crippen molar-refractivity contribution < 1.29 is 23.5 Å². The molecule has 0 spiro atoms. The number of hydrogen-bond donors (Lipinski definition) is 2. The van der Waals surface area contributed by atoms with Crippen LogP contribution in [0.4, 0.5) is 8.78 Å². The molecule has 7 nitrogen and oxygen atoms in total. The molecule has 184 valence electrons. The molecule has 2 heterocycles. The van der Waals surface area contributed by atoms with Crippen molar-refractivity contribution in [2.45, 2.75) is 38.6 Å². The van der Waals surface area contributed by atoms with Crippen LogP contribution in [-0.4, -0.2) is 31.9 Å². The number of carbonyl (C=O) groups is 2. The molecule has 2 N–H and O–H groups in total.